The number of nitrogens with zero attached hydrogens (tertiary/aromatic N) is 1. The summed E-state index contributed by atoms with van der Waals surface area (Å²) in [6.07, 6.45) is 3.70. The van der Waals surface area contributed by atoms with Crippen LogP contribution in [-0.2, 0) is 9.84 Å². The molecule has 1 aliphatic carbocycles. The number of para-hydroxylation sites is 1. The van der Waals surface area contributed by atoms with E-state index in [-0.39, 0.29) is 4.90 Å². The maximum Gasteiger partial charge on any atom is 0.177 e. The SMILES string of the molecule is CN(CC1CC1)c1cccc(S(C)(=O)=O)c1N. The third kappa shape index (κ3) is 2.72. The number of rotatable bonds is 4. The fraction of sp³-hybridized carbons (Fsp3) is 0.500. The predicted octanol–water partition coefficient (Wildman–Crippen LogP) is 1.52. The lowest BCUT2D eigenvalue weighted by Crippen LogP contribution is -2.21. The molecule has 0 heterocycles. The Balaban J connectivity index is 2.34. The van der Waals surface area contributed by atoms with Crippen molar-refractivity contribution < 1.29 is 8.42 Å². The van der Waals surface area contributed by atoms with Crippen LogP contribution in [0.1, 0.15) is 12.8 Å². The molecule has 0 spiro atoms. The van der Waals surface area contributed by atoms with Gasteiger partial charge in [0.2, 0.25) is 0 Å². The lowest BCUT2D eigenvalue weighted by atomic mass is 10.2. The van der Waals surface area contributed by atoms with Crippen LogP contribution in [0.4, 0.5) is 11.4 Å². The summed E-state index contributed by atoms with van der Waals surface area (Å²) in [6, 6.07) is 5.16. The van der Waals surface area contributed by atoms with E-state index in [1.54, 1.807) is 12.1 Å². The van der Waals surface area contributed by atoms with Crippen LogP contribution >= 0.6 is 0 Å². The molecule has 1 fully saturated rings. The first-order valence-electron chi connectivity index (χ1n) is 5.69. The van der Waals surface area contributed by atoms with Crippen LogP contribution in [0.5, 0.6) is 0 Å². The molecule has 1 aromatic carbocycles. The molecule has 0 atom stereocenters. The average molecular weight is 254 g/mol. The Labute approximate surface area is 102 Å². The molecule has 0 radical (unpaired) electrons. The van der Waals surface area contributed by atoms with Gasteiger partial charge >= 0.3 is 0 Å². The van der Waals surface area contributed by atoms with Gasteiger partial charge < -0.3 is 10.6 Å². The summed E-state index contributed by atoms with van der Waals surface area (Å²) in [7, 11) is -1.30. The molecule has 1 aromatic rings. The highest BCUT2D eigenvalue weighted by Gasteiger charge is 2.24. The van der Waals surface area contributed by atoms with Gasteiger partial charge in [-0.25, -0.2) is 8.42 Å². The molecule has 94 valence electrons. The van der Waals surface area contributed by atoms with Gasteiger partial charge in [-0.05, 0) is 30.9 Å². The first kappa shape index (κ1) is 12.2. The quantitative estimate of drug-likeness (QED) is 0.827. The van der Waals surface area contributed by atoms with E-state index in [2.05, 4.69) is 0 Å². The first-order valence-corrected chi connectivity index (χ1v) is 7.58. The van der Waals surface area contributed by atoms with Gasteiger partial charge in [-0.15, -0.1) is 0 Å². The minimum absolute atomic E-state index is 0.220. The molecule has 2 rings (SSSR count). The smallest absolute Gasteiger partial charge is 0.177 e. The van der Waals surface area contributed by atoms with Crippen LogP contribution in [0.3, 0.4) is 0 Å². The summed E-state index contributed by atoms with van der Waals surface area (Å²) in [5.41, 5.74) is 7.11. The van der Waals surface area contributed by atoms with Gasteiger partial charge in [-0.3, -0.25) is 0 Å². The summed E-state index contributed by atoms with van der Waals surface area (Å²) in [4.78, 5) is 2.26. The number of anilines is 2. The Morgan fingerprint density at radius 3 is 2.59 bits per heavy atom. The Morgan fingerprint density at radius 1 is 1.41 bits per heavy atom. The fourth-order valence-corrected chi connectivity index (χ4v) is 2.80. The molecule has 1 aliphatic rings. The molecule has 0 aliphatic heterocycles. The predicted molar refractivity (Wildman–Crippen MR) is 70.0 cm³/mol. The molecule has 0 saturated heterocycles. The average Bonchev–Trinajstić information content (AvgIpc) is 3.00. The van der Waals surface area contributed by atoms with Crippen LogP contribution < -0.4 is 10.6 Å². The van der Waals surface area contributed by atoms with Gasteiger partial charge in [0.05, 0.1) is 16.3 Å². The van der Waals surface area contributed by atoms with E-state index < -0.39 is 9.84 Å². The third-order valence-electron chi connectivity index (χ3n) is 3.08. The Morgan fingerprint density at radius 2 is 2.06 bits per heavy atom. The summed E-state index contributed by atoms with van der Waals surface area (Å²) in [6.45, 7) is 0.942. The van der Waals surface area contributed by atoms with Crippen molar-refractivity contribution in [2.75, 3.05) is 30.5 Å². The van der Waals surface area contributed by atoms with Crippen molar-refractivity contribution in [2.24, 2.45) is 5.92 Å². The van der Waals surface area contributed by atoms with Gasteiger partial charge in [0.1, 0.15) is 0 Å². The minimum atomic E-state index is -3.25. The Kier molecular flexibility index (Phi) is 3.03. The van der Waals surface area contributed by atoms with Gasteiger partial charge in [-0.1, -0.05) is 6.07 Å². The Hall–Kier alpha value is -1.23. The second-order valence-electron chi connectivity index (χ2n) is 4.79. The zero-order valence-corrected chi connectivity index (χ0v) is 11.0. The second-order valence-corrected chi connectivity index (χ2v) is 6.77. The number of hydrogen-bond acceptors (Lipinski definition) is 4. The molecule has 0 aromatic heterocycles. The van der Waals surface area contributed by atoms with Crippen molar-refractivity contribution in [3.8, 4) is 0 Å². The lowest BCUT2D eigenvalue weighted by molar-refractivity contribution is 0.602. The first-order chi connectivity index (χ1) is 7.89. The lowest BCUT2D eigenvalue weighted by Gasteiger charge is -2.22. The maximum absolute atomic E-state index is 11.6. The largest absolute Gasteiger partial charge is 0.396 e. The van der Waals surface area contributed by atoms with Crippen LogP contribution in [-0.4, -0.2) is 28.3 Å². The molecule has 2 N–H and O–H groups in total. The van der Waals surface area contributed by atoms with Crippen molar-refractivity contribution in [3.05, 3.63) is 18.2 Å². The second kappa shape index (κ2) is 4.22. The van der Waals surface area contributed by atoms with Gasteiger partial charge in [0.25, 0.3) is 0 Å². The molecule has 0 unspecified atom stereocenters. The minimum Gasteiger partial charge on any atom is -0.396 e. The van der Waals surface area contributed by atoms with E-state index in [9.17, 15) is 8.42 Å². The summed E-state index contributed by atoms with van der Waals surface area (Å²) < 4.78 is 23.1. The number of nitrogens with two attached hydrogens (primary N) is 1. The summed E-state index contributed by atoms with van der Waals surface area (Å²) in [5, 5.41) is 0. The Bertz CT molecular complexity index is 521. The number of benzene rings is 1. The van der Waals surface area contributed by atoms with Gasteiger partial charge in [-0.2, -0.15) is 0 Å². The van der Waals surface area contributed by atoms with Crippen molar-refractivity contribution >= 4 is 21.2 Å². The molecule has 4 nitrogen and oxygen atoms in total. The topological polar surface area (TPSA) is 63.4 Å². The maximum atomic E-state index is 11.6. The van der Waals surface area contributed by atoms with Gasteiger partial charge in [0.15, 0.2) is 9.84 Å². The molecule has 1 saturated carbocycles. The monoisotopic (exact) mass is 254 g/mol. The molecular weight excluding hydrogens is 236 g/mol. The number of hydrogen-bond donors (Lipinski definition) is 1. The van der Waals surface area contributed by atoms with E-state index in [1.165, 1.54) is 19.1 Å². The van der Waals surface area contributed by atoms with E-state index in [1.807, 2.05) is 18.0 Å². The van der Waals surface area contributed by atoms with E-state index >= 15 is 0 Å². The zero-order chi connectivity index (χ0) is 12.6. The van der Waals surface area contributed by atoms with E-state index in [0.29, 0.717) is 5.69 Å². The van der Waals surface area contributed by atoms with Crippen LogP contribution in [0.15, 0.2) is 23.1 Å². The highest BCUT2D eigenvalue weighted by molar-refractivity contribution is 7.90. The highest BCUT2D eigenvalue weighted by Crippen LogP contribution is 2.34. The fourth-order valence-electron chi connectivity index (χ4n) is 1.97. The molecule has 5 heteroatoms. The van der Waals surface area contributed by atoms with E-state index in [4.69, 9.17) is 5.73 Å². The van der Waals surface area contributed by atoms with Crippen molar-refractivity contribution in [1.82, 2.24) is 0 Å². The third-order valence-corrected chi connectivity index (χ3v) is 4.24. The number of sulfone groups is 1. The van der Waals surface area contributed by atoms with Crippen LogP contribution in [0.25, 0.3) is 0 Å². The highest BCUT2D eigenvalue weighted by atomic mass is 32.2. The van der Waals surface area contributed by atoms with Crippen molar-refractivity contribution in [3.63, 3.8) is 0 Å². The summed E-state index contributed by atoms with van der Waals surface area (Å²) in [5.74, 6) is 0.737. The normalized spacial score (nSPS) is 15.9. The van der Waals surface area contributed by atoms with E-state index in [0.717, 1.165) is 18.2 Å². The van der Waals surface area contributed by atoms with Crippen LogP contribution in [0.2, 0.25) is 0 Å². The molecule has 17 heavy (non-hydrogen) atoms. The standard InChI is InChI=1S/C12H18N2O2S/c1-14(8-9-6-7-9)10-4-3-5-11(12(10)13)17(2,15)16/h3-5,9H,6-8,13H2,1-2H3. The van der Waals surface area contributed by atoms with Gasteiger partial charge in [0, 0.05) is 19.8 Å². The zero-order valence-electron chi connectivity index (χ0n) is 10.2. The molecule has 0 bridgehead atoms. The van der Waals surface area contributed by atoms with Crippen molar-refractivity contribution in [1.29, 1.82) is 0 Å². The summed E-state index contributed by atoms with van der Waals surface area (Å²) >= 11 is 0. The molecular formula is C12H18N2O2S. The van der Waals surface area contributed by atoms with Crippen LogP contribution in [0, 0.1) is 5.92 Å². The molecule has 0 amide bonds. The van der Waals surface area contributed by atoms with Crippen molar-refractivity contribution in [2.45, 2.75) is 17.7 Å². The number of nitrogen functional groups attached to an aromatic ring is 1.